The van der Waals surface area contributed by atoms with Gasteiger partial charge in [-0.15, -0.1) is 10.2 Å². The van der Waals surface area contributed by atoms with Crippen molar-refractivity contribution in [3.63, 3.8) is 0 Å². The fourth-order valence-electron chi connectivity index (χ4n) is 3.14. The van der Waals surface area contributed by atoms with Gasteiger partial charge in [-0.2, -0.15) is 0 Å². The molecule has 1 atom stereocenters. The summed E-state index contributed by atoms with van der Waals surface area (Å²) in [5.74, 6) is -1.45. The van der Waals surface area contributed by atoms with Crippen LogP contribution in [0, 0.1) is 18.6 Å². The highest BCUT2D eigenvalue weighted by molar-refractivity contribution is 5.94. The average Bonchev–Trinajstić information content (AvgIpc) is 3.26. The molecule has 1 aromatic heterocycles. The number of nitrogens with one attached hydrogen (secondary N) is 1. The standard InChI is InChI=1S/C24H19F2N3O2/c1-14-4-3-5-19(12-14)24-29-28-23(31-24)17-8-6-16(7-9-17)22(30)27-15(2)18-10-11-20(25)21(26)13-18/h3-13,15H,1-2H3,(H,27,30). The van der Waals surface area contributed by atoms with E-state index in [-0.39, 0.29) is 5.91 Å². The van der Waals surface area contributed by atoms with Crippen molar-refractivity contribution in [3.05, 3.63) is 95.1 Å². The minimum atomic E-state index is -0.951. The van der Waals surface area contributed by atoms with Gasteiger partial charge in [-0.3, -0.25) is 4.79 Å². The first-order valence-corrected chi connectivity index (χ1v) is 9.67. The Morgan fingerprint density at radius 2 is 1.61 bits per heavy atom. The van der Waals surface area contributed by atoms with Gasteiger partial charge < -0.3 is 9.73 Å². The van der Waals surface area contributed by atoms with Gasteiger partial charge in [0.1, 0.15) is 0 Å². The zero-order valence-corrected chi connectivity index (χ0v) is 16.9. The maximum absolute atomic E-state index is 13.4. The first-order chi connectivity index (χ1) is 14.9. The van der Waals surface area contributed by atoms with E-state index in [4.69, 9.17) is 4.42 Å². The molecule has 0 saturated heterocycles. The molecule has 3 aromatic carbocycles. The van der Waals surface area contributed by atoms with Gasteiger partial charge in [0.2, 0.25) is 11.8 Å². The van der Waals surface area contributed by atoms with Crippen molar-refractivity contribution in [2.45, 2.75) is 19.9 Å². The minimum absolute atomic E-state index is 0.338. The third kappa shape index (κ3) is 4.50. The number of amides is 1. The number of carbonyl (C=O) groups is 1. The quantitative estimate of drug-likeness (QED) is 0.465. The van der Waals surface area contributed by atoms with Gasteiger partial charge in [-0.05, 0) is 67.9 Å². The summed E-state index contributed by atoms with van der Waals surface area (Å²) in [6, 6.07) is 17.5. The van der Waals surface area contributed by atoms with E-state index in [9.17, 15) is 13.6 Å². The summed E-state index contributed by atoms with van der Waals surface area (Å²) in [6.07, 6.45) is 0. The Kier molecular flexibility index (Phi) is 5.58. The molecule has 4 rings (SSSR count). The Morgan fingerprint density at radius 1 is 0.903 bits per heavy atom. The summed E-state index contributed by atoms with van der Waals surface area (Å²) in [4.78, 5) is 12.5. The molecule has 0 bridgehead atoms. The Balaban J connectivity index is 1.46. The fourth-order valence-corrected chi connectivity index (χ4v) is 3.14. The van der Waals surface area contributed by atoms with Gasteiger partial charge in [-0.1, -0.05) is 23.8 Å². The van der Waals surface area contributed by atoms with Crippen molar-refractivity contribution in [2.75, 3.05) is 0 Å². The van der Waals surface area contributed by atoms with Crippen LogP contribution < -0.4 is 5.32 Å². The van der Waals surface area contributed by atoms with Crippen molar-refractivity contribution >= 4 is 5.91 Å². The number of halogens is 2. The molecule has 0 saturated carbocycles. The summed E-state index contributed by atoms with van der Waals surface area (Å²) >= 11 is 0. The van der Waals surface area contributed by atoms with E-state index in [1.165, 1.54) is 6.07 Å². The van der Waals surface area contributed by atoms with Crippen LogP contribution in [0.2, 0.25) is 0 Å². The summed E-state index contributed by atoms with van der Waals surface area (Å²) in [5.41, 5.74) is 3.48. The van der Waals surface area contributed by atoms with Crippen LogP contribution in [0.15, 0.2) is 71.1 Å². The zero-order valence-electron chi connectivity index (χ0n) is 16.9. The average molecular weight is 419 g/mol. The first-order valence-electron chi connectivity index (χ1n) is 9.67. The predicted octanol–water partition coefficient (Wildman–Crippen LogP) is 5.48. The Bertz CT molecular complexity index is 1240. The van der Waals surface area contributed by atoms with E-state index in [1.807, 2.05) is 31.2 Å². The molecular formula is C24H19F2N3O2. The molecule has 5 nitrogen and oxygen atoms in total. The van der Waals surface area contributed by atoms with E-state index in [0.717, 1.165) is 23.3 Å². The smallest absolute Gasteiger partial charge is 0.251 e. The zero-order chi connectivity index (χ0) is 22.0. The van der Waals surface area contributed by atoms with Gasteiger partial charge in [0, 0.05) is 16.7 Å². The van der Waals surface area contributed by atoms with E-state index in [2.05, 4.69) is 15.5 Å². The highest BCUT2D eigenvalue weighted by atomic mass is 19.2. The van der Waals surface area contributed by atoms with E-state index < -0.39 is 17.7 Å². The molecule has 0 fully saturated rings. The largest absolute Gasteiger partial charge is 0.416 e. The Labute approximate surface area is 177 Å². The van der Waals surface area contributed by atoms with Gasteiger partial charge in [0.05, 0.1) is 6.04 Å². The van der Waals surface area contributed by atoms with Gasteiger partial charge in [-0.25, -0.2) is 8.78 Å². The van der Waals surface area contributed by atoms with Gasteiger partial charge in [0.15, 0.2) is 11.6 Å². The maximum Gasteiger partial charge on any atom is 0.251 e. The monoisotopic (exact) mass is 419 g/mol. The van der Waals surface area contributed by atoms with Crippen LogP contribution in [-0.4, -0.2) is 16.1 Å². The number of nitrogens with zero attached hydrogens (tertiary/aromatic N) is 2. The predicted molar refractivity (Wildman–Crippen MR) is 112 cm³/mol. The van der Waals surface area contributed by atoms with Crippen LogP contribution in [0.1, 0.15) is 34.5 Å². The van der Waals surface area contributed by atoms with Crippen LogP contribution >= 0.6 is 0 Å². The molecule has 156 valence electrons. The van der Waals surface area contributed by atoms with Crippen molar-refractivity contribution in [2.24, 2.45) is 0 Å². The number of benzene rings is 3. The van der Waals surface area contributed by atoms with Crippen LogP contribution in [0.5, 0.6) is 0 Å². The second-order valence-corrected chi connectivity index (χ2v) is 7.23. The molecule has 1 N–H and O–H groups in total. The molecule has 0 aliphatic carbocycles. The molecular weight excluding hydrogens is 400 g/mol. The highest BCUT2D eigenvalue weighted by Crippen LogP contribution is 2.25. The molecule has 1 amide bonds. The Morgan fingerprint density at radius 3 is 2.29 bits per heavy atom. The fraction of sp³-hybridized carbons (Fsp3) is 0.125. The summed E-state index contributed by atoms with van der Waals surface area (Å²) in [5, 5.41) is 11.0. The molecule has 0 radical (unpaired) electrons. The maximum atomic E-state index is 13.4. The second kappa shape index (κ2) is 8.47. The summed E-state index contributed by atoms with van der Waals surface area (Å²) < 4.78 is 32.3. The number of carbonyl (C=O) groups excluding carboxylic acids is 1. The van der Waals surface area contributed by atoms with Crippen molar-refractivity contribution in [1.82, 2.24) is 15.5 Å². The van der Waals surface area contributed by atoms with Crippen molar-refractivity contribution in [1.29, 1.82) is 0 Å². The van der Waals surface area contributed by atoms with Crippen LogP contribution in [0.25, 0.3) is 22.9 Å². The lowest BCUT2D eigenvalue weighted by Gasteiger charge is -2.14. The third-order valence-electron chi connectivity index (χ3n) is 4.88. The van der Waals surface area contributed by atoms with Gasteiger partial charge >= 0.3 is 0 Å². The SMILES string of the molecule is Cc1cccc(-c2nnc(-c3ccc(C(=O)NC(C)c4ccc(F)c(F)c4)cc3)o2)c1. The number of aromatic nitrogens is 2. The van der Waals surface area contributed by atoms with Crippen molar-refractivity contribution in [3.8, 4) is 22.9 Å². The molecule has 0 spiro atoms. The molecule has 7 heteroatoms. The van der Waals surface area contributed by atoms with Crippen LogP contribution in [0.4, 0.5) is 8.78 Å². The molecule has 1 heterocycles. The van der Waals surface area contributed by atoms with Crippen LogP contribution in [0.3, 0.4) is 0 Å². The lowest BCUT2D eigenvalue weighted by molar-refractivity contribution is 0.0940. The summed E-state index contributed by atoms with van der Waals surface area (Å²) in [6.45, 7) is 3.68. The third-order valence-corrected chi connectivity index (χ3v) is 4.88. The van der Waals surface area contributed by atoms with Crippen LogP contribution in [-0.2, 0) is 0 Å². The molecule has 31 heavy (non-hydrogen) atoms. The minimum Gasteiger partial charge on any atom is -0.416 e. The molecule has 0 aliphatic heterocycles. The lowest BCUT2D eigenvalue weighted by Crippen LogP contribution is -2.26. The Hall–Kier alpha value is -3.87. The number of hydrogen-bond acceptors (Lipinski definition) is 4. The molecule has 0 aliphatic rings. The highest BCUT2D eigenvalue weighted by Gasteiger charge is 2.15. The van der Waals surface area contributed by atoms with E-state index >= 15 is 0 Å². The van der Waals surface area contributed by atoms with E-state index in [1.54, 1.807) is 31.2 Å². The normalized spacial score (nSPS) is 11.9. The molecule has 1 unspecified atom stereocenters. The topological polar surface area (TPSA) is 68.0 Å². The van der Waals surface area contributed by atoms with Crippen molar-refractivity contribution < 1.29 is 18.0 Å². The summed E-state index contributed by atoms with van der Waals surface area (Å²) in [7, 11) is 0. The second-order valence-electron chi connectivity index (χ2n) is 7.23. The number of aryl methyl sites for hydroxylation is 1. The van der Waals surface area contributed by atoms with Gasteiger partial charge in [0.25, 0.3) is 5.91 Å². The van der Waals surface area contributed by atoms with E-state index in [0.29, 0.717) is 28.5 Å². The number of hydrogen-bond donors (Lipinski definition) is 1. The lowest BCUT2D eigenvalue weighted by atomic mass is 10.1. The molecule has 4 aromatic rings. The number of rotatable bonds is 5. The first kappa shape index (κ1) is 20.4.